The number of hydrogen-bond donors (Lipinski definition) is 4. The Morgan fingerprint density at radius 2 is 1.95 bits per heavy atom. The van der Waals surface area contributed by atoms with Crippen LogP contribution in [-0.4, -0.2) is 39.2 Å². The van der Waals surface area contributed by atoms with Gasteiger partial charge in [0.1, 0.15) is 6.04 Å². The molecule has 1 heterocycles. The van der Waals surface area contributed by atoms with Crippen LogP contribution in [0.2, 0.25) is 0 Å². The maximum absolute atomic E-state index is 11.6. The highest BCUT2D eigenvalue weighted by Gasteiger charge is 2.23. The lowest BCUT2D eigenvalue weighted by molar-refractivity contribution is -0.145. The maximum Gasteiger partial charge on any atom is 0.326 e. The van der Waals surface area contributed by atoms with Crippen LogP contribution < -0.4 is 10.6 Å². The Morgan fingerprint density at radius 3 is 2.45 bits per heavy atom. The summed E-state index contributed by atoms with van der Waals surface area (Å²) < 4.78 is 0. The summed E-state index contributed by atoms with van der Waals surface area (Å²) in [6.45, 7) is 1.68. The van der Waals surface area contributed by atoms with E-state index in [1.807, 2.05) is 0 Å². The molecule has 0 bridgehead atoms. The standard InChI is InChI=1S/C12H15N3O5/c1-7(8-4-2-3-5-13-8)14-12(20)15-9(11(18)19)6-10(16)17/h2-5,7,9H,6H2,1H3,(H,16,17)(H,18,19)(H2,14,15,20)/t7?,9-/m1/s1. The fraction of sp³-hybridized carbons (Fsp3) is 0.333. The fourth-order valence-electron chi connectivity index (χ4n) is 1.48. The van der Waals surface area contributed by atoms with Crippen LogP contribution in [0.5, 0.6) is 0 Å². The third kappa shape index (κ3) is 4.92. The summed E-state index contributed by atoms with van der Waals surface area (Å²) in [7, 11) is 0. The van der Waals surface area contributed by atoms with Crippen LogP contribution in [0.15, 0.2) is 24.4 Å². The second-order valence-electron chi connectivity index (χ2n) is 4.08. The van der Waals surface area contributed by atoms with Gasteiger partial charge in [0.05, 0.1) is 18.2 Å². The molecule has 2 atom stereocenters. The average molecular weight is 281 g/mol. The smallest absolute Gasteiger partial charge is 0.326 e. The molecule has 0 aromatic carbocycles. The van der Waals surface area contributed by atoms with Gasteiger partial charge in [-0.25, -0.2) is 9.59 Å². The van der Waals surface area contributed by atoms with Gasteiger partial charge in [-0.15, -0.1) is 0 Å². The van der Waals surface area contributed by atoms with Crippen molar-refractivity contribution in [2.24, 2.45) is 0 Å². The molecule has 1 rings (SSSR count). The van der Waals surface area contributed by atoms with Gasteiger partial charge in [0.15, 0.2) is 0 Å². The first-order valence-corrected chi connectivity index (χ1v) is 5.82. The molecule has 0 spiro atoms. The van der Waals surface area contributed by atoms with Crippen LogP contribution in [0.25, 0.3) is 0 Å². The van der Waals surface area contributed by atoms with Crippen LogP contribution in [0.4, 0.5) is 4.79 Å². The number of carboxylic acid groups (broad SMARTS) is 2. The minimum atomic E-state index is -1.48. The molecule has 20 heavy (non-hydrogen) atoms. The van der Waals surface area contributed by atoms with Gasteiger partial charge in [0.2, 0.25) is 0 Å². The number of carbonyl (C=O) groups excluding carboxylic acids is 1. The van der Waals surface area contributed by atoms with Gasteiger partial charge >= 0.3 is 18.0 Å². The number of nitrogens with one attached hydrogen (secondary N) is 2. The molecule has 0 fully saturated rings. The summed E-state index contributed by atoms with van der Waals surface area (Å²) in [5.41, 5.74) is 0.604. The quantitative estimate of drug-likeness (QED) is 0.596. The van der Waals surface area contributed by atoms with Crippen molar-refractivity contribution in [3.05, 3.63) is 30.1 Å². The van der Waals surface area contributed by atoms with Crippen molar-refractivity contribution in [1.29, 1.82) is 0 Å². The summed E-state index contributed by atoms with van der Waals surface area (Å²) in [4.78, 5) is 37.0. The summed E-state index contributed by atoms with van der Waals surface area (Å²) in [5, 5.41) is 21.9. The highest BCUT2D eigenvalue weighted by molar-refractivity contribution is 5.86. The Labute approximate surface area is 114 Å². The lowest BCUT2D eigenvalue weighted by Gasteiger charge is -2.17. The number of carbonyl (C=O) groups is 3. The molecule has 8 heteroatoms. The Kier molecular flexibility index (Phi) is 5.45. The molecule has 0 aliphatic heterocycles. The van der Waals surface area contributed by atoms with Crippen molar-refractivity contribution in [1.82, 2.24) is 15.6 Å². The second kappa shape index (κ2) is 7.07. The lowest BCUT2D eigenvalue weighted by Crippen LogP contribution is -2.47. The summed E-state index contributed by atoms with van der Waals surface area (Å²) >= 11 is 0. The summed E-state index contributed by atoms with van der Waals surface area (Å²) in [6.07, 6.45) is 0.872. The number of aromatic nitrogens is 1. The first-order chi connectivity index (χ1) is 9.40. The molecular formula is C12H15N3O5. The van der Waals surface area contributed by atoms with Crippen LogP contribution in [0, 0.1) is 0 Å². The molecule has 2 amide bonds. The number of amides is 2. The van der Waals surface area contributed by atoms with Gasteiger partial charge in [-0.3, -0.25) is 9.78 Å². The number of rotatable bonds is 6. The molecule has 0 saturated heterocycles. The number of nitrogens with zero attached hydrogens (tertiary/aromatic N) is 1. The molecule has 1 aromatic heterocycles. The molecule has 0 aliphatic rings. The average Bonchev–Trinajstić information content (AvgIpc) is 2.38. The molecule has 1 unspecified atom stereocenters. The molecule has 1 aromatic rings. The van der Waals surface area contributed by atoms with E-state index in [4.69, 9.17) is 10.2 Å². The van der Waals surface area contributed by atoms with Crippen molar-refractivity contribution >= 4 is 18.0 Å². The minimum Gasteiger partial charge on any atom is -0.481 e. The van der Waals surface area contributed by atoms with Crippen LogP contribution in [0.3, 0.4) is 0 Å². The molecule has 4 N–H and O–H groups in total. The van der Waals surface area contributed by atoms with Gasteiger partial charge < -0.3 is 20.8 Å². The SMILES string of the molecule is CC(NC(=O)N[C@H](CC(=O)O)C(=O)O)c1ccccn1. The maximum atomic E-state index is 11.6. The van der Waals surface area contributed by atoms with E-state index in [9.17, 15) is 14.4 Å². The zero-order chi connectivity index (χ0) is 15.1. The summed E-state index contributed by atoms with van der Waals surface area (Å²) in [6, 6.07) is 2.50. The number of pyridine rings is 1. The van der Waals surface area contributed by atoms with E-state index in [0.717, 1.165) is 0 Å². The number of urea groups is 1. The highest BCUT2D eigenvalue weighted by Crippen LogP contribution is 2.07. The van der Waals surface area contributed by atoms with E-state index in [1.54, 1.807) is 31.3 Å². The molecule has 108 valence electrons. The zero-order valence-electron chi connectivity index (χ0n) is 10.7. The Balaban J connectivity index is 2.57. The molecule has 0 saturated carbocycles. The largest absolute Gasteiger partial charge is 0.481 e. The van der Waals surface area contributed by atoms with E-state index in [1.165, 1.54) is 0 Å². The first kappa shape index (κ1) is 15.4. The van der Waals surface area contributed by atoms with Gasteiger partial charge in [0.25, 0.3) is 0 Å². The Hall–Kier alpha value is -2.64. The van der Waals surface area contributed by atoms with Crippen molar-refractivity contribution < 1.29 is 24.6 Å². The van der Waals surface area contributed by atoms with Gasteiger partial charge in [-0.1, -0.05) is 6.07 Å². The number of aliphatic carboxylic acids is 2. The molecule has 8 nitrogen and oxygen atoms in total. The van der Waals surface area contributed by atoms with E-state index < -0.39 is 36.5 Å². The third-order valence-electron chi connectivity index (χ3n) is 2.46. The van der Waals surface area contributed by atoms with Crippen LogP contribution >= 0.6 is 0 Å². The van der Waals surface area contributed by atoms with Crippen LogP contribution in [0.1, 0.15) is 25.1 Å². The van der Waals surface area contributed by atoms with Crippen LogP contribution in [-0.2, 0) is 9.59 Å². The topological polar surface area (TPSA) is 129 Å². The van der Waals surface area contributed by atoms with Gasteiger partial charge in [-0.2, -0.15) is 0 Å². The van der Waals surface area contributed by atoms with Crippen molar-refractivity contribution in [3.63, 3.8) is 0 Å². The highest BCUT2D eigenvalue weighted by atomic mass is 16.4. The normalized spacial score (nSPS) is 13.1. The predicted molar refractivity (Wildman–Crippen MR) is 68.0 cm³/mol. The van der Waals surface area contributed by atoms with Crippen molar-refractivity contribution in [2.45, 2.75) is 25.4 Å². The monoisotopic (exact) mass is 281 g/mol. The van der Waals surface area contributed by atoms with Gasteiger partial charge in [0, 0.05) is 6.20 Å². The molecule has 0 aliphatic carbocycles. The molecule has 0 radical (unpaired) electrons. The lowest BCUT2D eigenvalue weighted by atomic mass is 10.2. The first-order valence-electron chi connectivity index (χ1n) is 5.82. The number of carboxylic acids is 2. The zero-order valence-corrected chi connectivity index (χ0v) is 10.7. The Morgan fingerprint density at radius 1 is 1.25 bits per heavy atom. The van der Waals surface area contributed by atoms with E-state index in [-0.39, 0.29) is 0 Å². The summed E-state index contributed by atoms with van der Waals surface area (Å²) in [5.74, 6) is -2.72. The van der Waals surface area contributed by atoms with E-state index in [0.29, 0.717) is 5.69 Å². The fourth-order valence-corrected chi connectivity index (χ4v) is 1.48. The third-order valence-corrected chi connectivity index (χ3v) is 2.46. The predicted octanol–water partition coefficient (Wildman–Crippen LogP) is 0.370. The minimum absolute atomic E-state index is 0.435. The van der Waals surface area contributed by atoms with Gasteiger partial charge in [-0.05, 0) is 19.1 Å². The van der Waals surface area contributed by atoms with Crippen molar-refractivity contribution in [2.75, 3.05) is 0 Å². The van der Waals surface area contributed by atoms with E-state index in [2.05, 4.69) is 15.6 Å². The van der Waals surface area contributed by atoms with Crippen molar-refractivity contribution in [3.8, 4) is 0 Å². The van der Waals surface area contributed by atoms with E-state index >= 15 is 0 Å². The molecular weight excluding hydrogens is 266 g/mol. The Bertz CT molecular complexity index is 491. The second-order valence-corrected chi connectivity index (χ2v) is 4.08. The number of hydrogen-bond acceptors (Lipinski definition) is 4.